The molecule has 0 aromatic carbocycles. The van der Waals surface area contributed by atoms with Crippen molar-refractivity contribution in [2.45, 2.75) is 95.3 Å². The van der Waals surface area contributed by atoms with Crippen LogP contribution in [0, 0.1) is 11.8 Å². The van der Waals surface area contributed by atoms with Gasteiger partial charge in [0.25, 0.3) is 0 Å². The number of amides is 2. The molecule has 2 amide bonds. The van der Waals surface area contributed by atoms with E-state index in [1.165, 1.54) is 0 Å². The van der Waals surface area contributed by atoms with Gasteiger partial charge < -0.3 is 24.4 Å². The fraction of sp³-hybridized carbons (Fsp3) is 0.759. The fourth-order valence-corrected chi connectivity index (χ4v) is 6.52. The number of ether oxygens (including phenoxy) is 2. The summed E-state index contributed by atoms with van der Waals surface area (Å²) in [6.45, 7) is 13.2. The van der Waals surface area contributed by atoms with Crippen LogP contribution in [-0.4, -0.2) is 82.8 Å². The van der Waals surface area contributed by atoms with Crippen molar-refractivity contribution in [2.24, 2.45) is 11.8 Å². The molecule has 5 atom stereocenters. The summed E-state index contributed by atoms with van der Waals surface area (Å²) in [4.78, 5) is 44.9. The van der Waals surface area contributed by atoms with Crippen LogP contribution in [0.2, 0.25) is 0 Å². The fourth-order valence-electron chi connectivity index (χ4n) is 6.52. The molecule has 8 nitrogen and oxygen atoms in total. The zero-order chi connectivity index (χ0) is 27.1. The van der Waals surface area contributed by atoms with E-state index >= 15 is 0 Å². The van der Waals surface area contributed by atoms with Gasteiger partial charge >= 0.3 is 5.97 Å². The van der Waals surface area contributed by atoms with Crippen molar-refractivity contribution in [1.29, 1.82) is 0 Å². The lowest BCUT2D eigenvalue weighted by Gasteiger charge is -2.37. The van der Waals surface area contributed by atoms with Crippen molar-refractivity contribution in [3.63, 3.8) is 0 Å². The van der Waals surface area contributed by atoms with Gasteiger partial charge in [0.2, 0.25) is 11.8 Å². The van der Waals surface area contributed by atoms with Crippen molar-refractivity contribution >= 4 is 17.8 Å². The number of esters is 1. The Hall–Kier alpha value is -2.19. The number of carbonyl (C=O) groups is 3. The lowest BCUT2D eigenvalue weighted by molar-refractivity contribution is -0.160. The molecule has 0 radical (unpaired) electrons. The van der Waals surface area contributed by atoms with Gasteiger partial charge in [-0.25, -0.2) is 0 Å². The zero-order valence-corrected chi connectivity index (χ0v) is 22.8. The third-order valence-corrected chi connectivity index (χ3v) is 8.31. The molecule has 8 heteroatoms. The minimum atomic E-state index is -1.04. The Bertz CT molecular complexity index is 846. The van der Waals surface area contributed by atoms with E-state index in [4.69, 9.17) is 9.47 Å². The molecular weight excluding hydrogens is 472 g/mol. The lowest BCUT2D eigenvalue weighted by atomic mass is 9.66. The van der Waals surface area contributed by atoms with Gasteiger partial charge in [0.05, 0.1) is 18.1 Å². The SMILES string of the molecule is C=CCCCCOC(=O)[C@@H]1[C@H]2C(=O)N(CCCCO)C(C(=O)N(CC=C)CCCCC)C23CC[C@@]1(C)O3. The number of aliphatic hydroxyl groups excluding tert-OH is 1. The van der Waals surface area contributed by atoms with E-state index in [1.54, 1.807) is 15.9 Å². The van der Waals surface area contributed by atoms with E-state index in [1.807, 2.05) is 13.0 Å². The first-order valence-corrected chi connectivity index (χ1v) is 14.1. The summed E-state index contributed by atoms with van der Waals surface area (Å²) >= 11 is 0. The summed E-state index contributed by atoms with van der Waals surface area (Å²) in [5, 5.41) is 9.33. The number of aliphatic hydroxyl groups is 1. The van der Waals surface area contributed by atoms with Gasteiger partial charge in [-0.2, -0.15) is 0 Å². The topological polar surface area (TPSA) is 96.4 Å². The number of allylic oxidation sites excluding steroid dienone is 1. The molecule has 3 fully saturated rings. The second-order valence-electron chi connectivity index (χ2n) is 10.9. The van der Waals surface area contributed by atoms with Crippen LogP contribution in [0.3, 0.4) is 0 Å². The predicted octanol–water partition coefficient (Wildman–Crippen LogP) is 3.63. The molecule has 0 aromatic heterocycles. The molecule has 2 bridgehead atoms. The summed E-state index contributed by atoms with van der Waals surface area (Å²) in [6.07, 6.45) is 11.2. The van der Waals surface area contributed by atoms with Gasteiger partial charge in [0.1, 0.15) is 17.6 Å². The molecule has 3 saturated heterocycles. The zero-order valence-electron chi connectivity index (χ0n) is 22.8. The first-order chi connectivity index (χ1) is 17.8. The van der Waals surface area contributed by atoms with Crippen LogP contribution < -0.4 is 0 Å². The van der Waals surface area contributed by atoms with Crippen LogP contribution in [0.15, 0.2) is 25.3 Å². The number of fused-ring (bicyclic) bond motifs is 1. The van der Waals surface area contributed by atoms with Crippen LogP contribution >= 0.6 is 0 Å². The molecule has 3 rings (SSSR count). The van der Waals surface area contributed by atoms with Crippen LogP contribution in [0.25, 0.3) is 0 Å². The Kier molecular flexibility index (Phi) is 10.4. The molecule has 1 spiro atoms. The number of rotatable bonds is 17. The van der Waals surface area contributed by atoms with Crippen LogP contribution in [0.1, 0.15) is 78.1 Å². The monoisotopic (exact) mass is 518 g/mol. The highest BCUT2D eigenvalue weighted by molar-refractivity contribution is 5.98. The minimum Gasteiger partial charge on any atom is -0.465 e. The quantitative estimate of drug-likeness (QED) is 0.179. The van der Waals surface area contributed by atoms with E-state index in [0.717, 1.165) is 38.5 Å². The molecule has 37 heavy (non-hydrogen) atoms. The lowest BCUT2D eigenvalue weighted by Crippen LogP contribution is -2.56. The summed E-state index contributed by atoms with van der Waals surface area (Å²) in [7, 11) is 0. The first kappa shape index (κ1) is 29.4. The van der Waals surface area contributed by atoms with Gasteiger partial charge in [-0.3, -0.25) is 14.4 Å². The van der Waals surface area contributed by atoms with E-state index in [2.05, 4.69) is 20.1 Å². The second kappa shape index (κ2) is 13.1. The van der Waals surface area contributed by atoms with E-state index in [-0.39, 0.29) is 18.4 Å². The van der Waals surface area contributed by atoms with Gasteiger partial charge in [-0.1, -0.05) is 31.9 Å². The largest absolute Gasteiger partial charge is 0.465 e. The number of unbranched alkanes of at least 4 members (excludes halogenated alkanes) is 5. The molecule has 1 N–H and O–H groups in total. The van der Waals surface area contributed by atoms with Crippen molar-refractivity contribution < 1.29 is 29.0 Å². The van der Waals surface area contributed by atoms with Gasteiger partial charge in [-0.15, -0.1) is 13.2 Å². The molecule has 3 heterocycles. The van der Waals surface area contributed by atoms with E-state index < -0.39 is 35.0 Å². The minimum absolute atomic E-state index is 0.0181. The smallest absolute Gasteiger partial charge is 0.312 e. The molecule has 3 aliphatic heterocycles. The molecule has 208 valence electrons. The summed E-state index contributed by atoms with van der Waals surface area (Å²) in [5.41, 5.74) is -1.88. The predicted molar refractivity (Wildman–Crippen MR) is 142 cm³/mol. The number of likely N-dealkylation sites (tertiary alicyclic amines) is 1. The van der Waals surface area contributed by atoms with Gasteiger partial charge in [0.15, 0.2) is 0 Å². The highest BCUT2D eigenvalue weighted by Crippen LogP contribution is 2.63. The van der Waals surface area contributed by atoms with E-state index in [9.17, 15) is 19.5 Å². The average Bonchev–Trinajstić information content (AvgIpc) is 3.44. The number of nitrogens with zero attached hydrogens (tertiary/aromatic N) is 2. The number of carbonyl (C=O) groups excluding carboxylic acids is 3. The molecule has 0 saturated carbocycles. The summed E-state index contributed by atoms with van der Waals surface area (Å²) in [5.74, 6) is -2.23. The van der Waals surface area contributed by atoms with Crippen molar-refractivity contribution in [3.8, 4) is 0 Å². The molecule has 0 aliphatic carbocycles. The number of hydrogen-bond acceptors (Lipinski definition) is 6. The summed E-state index contributed by atoms with van der Waals surface area (Å²) < 4.78 is 12.3. The molecule has 3 aliphatic rings. The highest BCUT2D eigenvalue weighted by Gasteiger charge is 2.78. The van der Waals surface area contributed by atoms with Gasteiger partial charge in [0, 0.05) is 26.2 Å². The van der Waals surface area contributed by atoms with Crippen molar-refractivity contribution in [2.75, 3.05) is 32.8 Å². The second-order valence-corrected chi connectivity index (χ2v) is 10.9. The third-order valence-electron chi connectivity index (χ3n) is 8.31. The number of hydrogen-bond donors (Lipinski definition) is 1. The maximum atomic E-state index is 14.1. The van der Waals surface area contributed by atoms with Crippen LogP contribution in [-0.2, 0) is 23.9 Å². The Labute approximate surface area is 222 Å². The van der Waals surface area contributed by atoms with Crippen molar-refractivity contribution in [3.05, 3.63) is 25.3 Å². The van der Waals surface area contributed by atoms with Crippen LogP contribution in [0.4, 0.5) is 0 Å². The highest BCUT2D eigenvalue weighted by atomic mass is 16.6. The standard InChI is InChI=1S/C29H46N2O6/c1-5-8-10-14-21-36-27(35)23-22-25(33)31(19-12-13-20-32)24(29(22)16-15-28(23,4)37-29)26(34)30(17-7-3)18-11-9-6-2/h5,7,22-24,32H,1,3,6,8-21H2,2,4H3/t22-,23-,24?,28+,29?/m0/s1. The Balaban J connectivity index is 1.90. The normalized spacial score (nSPS) is 29.9. The Morgan fingerprint density at radius 2 is 1.95 bits per heavy atom. The van der Waals surface area contributed by atoms with E-state index in [0.29, 0.717) is 51.9 Å². The maximum Gasteiger partial charge on any atom is 0.312 e. The third kappa shape index (κ3) is 5.80. The molecular formula is C29H46N2O6. The van der Waals surface area contributed by atoms with Crippen molar-refractivity contribution in [1.82, 2.24) is 9.80 Å². The van der Waals surface area contributed by atoms with Gasteiger partial charge in [-0.05, 0) is 58.3 Å². The van der Waals surface area contributed by atoms with Crippen LogP contribution in [0.5, 0.6) is 0 Å². The maximum absolute atomic E-state index is 14.1. The average molecular weight is 519 g/mol. The molecule has 2 unspecified atom stereocenters. The Morgan fingerprint density at radius 1 is 1.16 bits per heavy atom. The Morgan fingerprint density at radius 3 is 2.62 bits per heavy atom. The molecule has 0 aromatic rings. The first-order valence-electron chi connectivity index (χ1n) is 14.1. The summed E-state index contributed by atoms with van der Waals surface area (Å²) in [6, 6.07) is -0.794.